The molecule has 0 saturated heterocycles. The van der Waals surface area contributed by atoms with Gasteiger partial charge in [-0.2, -0.15) is 0 Å². The summed E-state index contributed by atoms with van der Waals surface area (Å²) in [6, 6.07) is 11.3. The van der Waals surface area contributed by atoms with Crippen LogP contribution in [0.2, 0.25) is 0 Å². The lowest BCUT2D eigenvalue weighted by Gasteiger charge is -2.15. The number of pyridine rings is 1. The molecule has 1 aromatic heterocycles. The first-order valence-electron chi connectivity index (χ1n) is 5.75. The first kappa shape index (κ1) is 14.2. The van der Waals surface area contributed by atoms with Crippen molar-refractivity contribution in [1.29, 1.82) is 0 Å². The first-order chi connectivity index (χ1) is 9.08. The molecule has 3 nitrogen and oxygen atoms in total. The molecule has 1 N–H and O–H groups in total. The van der Waals surface area contributed by atoms with E-state index in [1.807, 2.05) is 31.2 Å². The van der Waals surface area contributed by atoms with Crippen molar-refractivity contribution in [2.24, 2.45) is 0 Å². The van der Waals surface area contributed by atoms with E-state index in [9.17, 15) is 4.79 Å². The fourth-order valence-corrected chi connectivity index (χ4v) is 2.54. The monoisotopic (exact) mass is 382 g/mol. The SMILES string of the molecule is CC(NC(=O)c1cccnc1Br)c1cccc(Br)c1. The van der Waals surface area contributed by atoms with Gasteiger partial charge in [0.15, 0.2) is 0 Å². The van der Waals surface area contributed by atoms with E-state index in [1.54, 1.807) is 18.3 Å². The highest BCUT2D eigenvalue weighted by Crippen LogP contribution is 2.19. The molecule has 0 aliphatic heterocycles. The lowest BCUT2D eigenvalue weighted by molar-refractivity contribution is 0.0938. The maximum atomic E-state index is 12.1. The molecular formula is C14H12Br2N2O. The van der Waals surface area contributed by atoms with E-state index in [-0.39, 0.29) is 11.9 Å². The molecule has 2 aromatic rings. The van der Waals surface area contributed by atoms with Crippen LogP contribution < -0.4 is 5.32 Å². The molecule has 0 aliphatic rings. The van der Waals surface area contributed by atoms with Crippen LogP contribution in [0.15, 0.2) is 51.7 Å². The molecule has 0 bridgehead atoms. The molecule has 2 rings (SSSR count). The number of aromatic nitrogens is 1. The van der Waals surface area contributed by atoms with E-state index in [0.29, 0.717) is 10.2 Å². The van der Waals surface area contributed by atoms with Crippen molar-refractivity contribution in [3.63, 3.8) is 0 Å². The molecule has 0 aliphatic carbocycles. The number of benzene rings is 1. The highest BCUT2D eigenvalue weighted by Gasteiger charge is 2.14. The van der Waals surface area contributed by atoms with Crippen molar-refractivity contribution in [2.75, 3.05) is 0 Å². The van der Waals surface area contributed by atoms with Gasteiger partial charge in [0.05, 0.1) is 11.6 Å². The van der Waals surface area contributed by atoms with Crippen molar-refractivity contribution in [1.82, 2.24) is 10.3 Å². The van der Waals surface area contributed by atoms with Crippen molar-refractivity contribution in [3.05, 3.63) is 62.8 Å². The van der Waals surface area contributed by atoms with Gasteiger partial charge >= 0.3 is 0 Å². The van der Waals surface area contributed by atoms with Crippen LogP contribution in [-0.4, -0.2) is 10.9 Å². The molecule has 0 spiro atoms. The van der Waals surface area contributed by atoms with Gasteiger partial charge in [-0.3, -0.25) is 4.79 Å². The smallest absolute Gasteiger partial charge is 0.254 e. The van der Waals surface area contributed by atoms with Crippen molar-refractivity contribution >= 4 is 37.8 Å². The van der Waals surface area contributed by atoms with E-state index in [1.165, 1.54) is 0 Å². The second-order valence-electron chi connectivity index (χ2n) is 4.09. The average Bonchev–Trinajstić information content (AvgIpc) is 2.39. The molecule has 0 saturated carbocycles. The molecule has 19 heavy (non-hydrogen) atoms. The van der Waals surface area contributed by atoms with Gasteiger partial charge < -0.3 is 5.32 Å². The van der Waals surface area contributed by atoms with Crippen LogP contribution in [0.3, 0.4) is 0 Å². The highest BCUT2D eigenvalue weighted by atomic mass is 79.9. The van der Waals surface area contributed by atoms with Gasteiger partial charge in [-0.25, -0.2) is 4.98 Å². The van der Waals surface area contributed by atoms with E-state index in [0.717, 1.165) is 10.0 Å². The minimum absolute atomic E-state index is 0.0721. The van der Waals surface area contributed by atoms with Gasteiger partial charge in [0.25, 0.3) is 5.91 Å². The van der Waals surface area contributed by atoms with Crippen LogP contribution in [0.4, 0.5) is 0 Å². The summed E-state index contributed by atoms with van der Waals surface area (Å²) in [6.07, 6.45) is 1.64. The van der Waals surface area contributed by atoms with Gasteiger partial charge in [-0.05, 0) is 52.7 Å². The normalized spacial score (nSPS) is 11.9. The summed E-state index contributed by atoms with van der Waals surface area (Å²) >= 11 is 6.70. The summed E-state index contributed by atoms with van der Waals surface area (Å²) in [6.45, 7) is 1.95. The fraction of sp³-hybridized carbons (Fsp3) is 0.143. The Balaban J connectivity index is 2.13. The number of nitrogens with zero attached hydrogens (tertiary/aromatic N) is 1. The molecule has 1 unspecified atom stereocenters. The van der Waals surface area contributed by atoms with Crippen molar-refractivity contribution < 1.29 is 4.79 Å². The fourth-order valence-electron chi connectivity index (χ4n) is 1.69. The minimum atomic E-state index is -0.146. The topological polar surface area (TPSA) is 42.0 Å². The van der Waals surface area contributed by atoms with Gasteiger partial charge in [-0.15, -0.1) is 0 Å². The van der Waals surface area contributed by atoms with E-state index < -0.39 is 0 Å². The number of hydrogen-bond acceptors (Lipinski definition) is 2. The number of hydrogen-bond donors (Lipinski definition) is 1. The van der Waals surface area contributed by atoms with Crippen LogP contribution in [0.25, 0.3) is 0 Å². The Bertz CT molecular complexity index is 602. The summed E-state index contributed by atoms with van der Waals surface area (Å²) in [5.41, 5.74) is 1.58. The van der Waals surface area contributed by atoms with E-state index in [4.69, 9.17) is 0 Å². The molecule has 1 atom stereocenters. The summed E-state index contributed by atoms with van der Waals surface area (Å²) in [5, 5.41) is 2.95. The Morgan fingerprint density at radius 1 is 1.26 bits per heavy atom. The Kier molecular flexibility index (Phi) is 4.71. The highest BCUT2D eigenvalue weighted by molar-refractivity contribution is 9.10. The van der Waals surface area contributed by atoms with Crippen LogP contribution in [0.5, 0.6) is 0 Å². The Morgan fingerprint density at radius 2 is 2.05 bits per heavy atom. The number of rotatable bonds is 3. The Hall–Kier alpha value is -1.20. The number of nitrogens with one attached hydrogen (secondary N) is 1. The maximum Gasteiger partial charge on any atom is 0.254 e. The molecule has 98 valence electrons. The molecule has 1 heterocycles. The zero-order valence-electron chi connectivity index (χ0n) is 10.2. The second kappa shape index (κ2) is 6.30. The van der Waals surface area contributed by atoms with Gasteiger partial charge in [0, 0.05) is 10.7 Å². The first-order valence-corrected chi connectivity index (χ1v) is 7.33. The average molecular weight is 384 g/mol. The second-order valence-corrected chi connectivity index (χ2v) is 5.76. The van der Waals surface area contributed by atoms with Gasteiger partial charge in [0.1, 0.15) is 4.60 Å². The molecule has 0 radical (unpaired) electrons. The maximum absolute atomic E-state index is 12.1. The van der Waals surface area contributed by atoms with Gasteiger partial charge in [-0.1, -0.05) is 28.1 Å². The third kappa shape index (κ3) is 3.64. The largest absolute Gasteiger partial charge is 0.345 e. The predicted octanol–water partition coefficient (Wildman–Crippen LogP) is 4.10. The number of amides is 1. The molecule has 5 heteroatoms. The number of carbonyl (C=O) groups is 1. The van der Waals surface area contributed by atoms with Crippen LogP contribution in [-0.2, 0) is 0 Å². The predicted molar refractivity (Wildman–Crippen MR) is 82.0 cm³/mol. The number of halogens is 2. The lowest BCUT2D eigenvalue weighted by Crippen LogP contribution is -2.27. The Labute approximate surface area is 128 Å². The van der Waals surface area contributed by atoms with Crippen LogP contribution in [0, 0.1) is 0 Å². The van der Waals surface area contributed by atoms with Crippen molar-refractivity contribution in [2.45, 2.75) is 13.0 Å². The number of carbonyl (C=O) groups excluding carboxylic acids is 1. The zero-order chi connectivity index (χ0) is 13.8. The van der Waals surface area contributed by atoms with E-state index in [2.05, 4.69) is 42.2 Å². The molecule has 1 amide bonds. The molecule has 1 aromatic carbocycles. The van der Waals surface area contributed by atoms with Gasteiger partial charge in [0.2, 0.25) is 0 Å². The summed E-state index contributed by atoms with van der Waals surface area (Å²) < 4.78 is 1.54. The minimum Gasteiger partial charge on any atom is -0.345 e. The molecular weight excluding hydrogens is 372 g/mol. The third-order valence-corrected chi connectivity index (χ3v) is 3.83. The third-order valence-electron chi connectivity index (χ3n) is 2.70. The Morgan fingerprint density at radius 3 is 2.74 bits per heavy atom. The standard InChI is InChI=1S/C14H12Br2N2O/c1-9(10-4-2-5-11(15)8-10)18-14(19)12-6-3-7-17-13(12)16/h2-9H,1H3,(H,18,19). The lowest BCUT2D eigenvalue weighted by atomic mass is 10.1. The summed E-state index contributed by atoms with van der Waals surface area (Å²) in [5.74, 6) is -0.146. The summed E-state index contributed by atoms with van der Waals surface area (Å²) in [7, 11) is 0. The summed E-state index contributed by atoms with van der Waals surface area (Å²) in [4.78, 5) is 16.2. The van der Waals surface area contributed by atoms with E-state index >= 15 is 0 Å². The quantitative estimate of drug-likeness (QED) is 0.810. The van der Waals surface area contributed by atoms with Crippen LogP contribution in [0.1, 0.15) is 28.9 Å². The van der Waals surface area contributed by atoms with Crippen molar-refractivity contribution in [3.8, 4) is 0 Å². The zero-order valence-corrected chi connectivity index (χ0v) is 13.4. The molecule has 0 fully saturated rings. The van der Waals surface area contributed by atoms with Crippen LogP contribution >= 0.6 is 31.9 Å².